The number of piperidine rings is 1. The predicted octanol–water partition coefficient (Wildman–Crippen LogP) is 0.187. The van der Waals surface area contributed by atoms with Gasteiger partial charge in [-0.3, -0.25) is 14.8 Å². The van der Waals surface area contributed by atoms with Gasteiger partial charge in [0.1, 0.15) is 0 Å². The van der Waals surface area contributed by atoms with Gasteiger partial charge in [-0.15, -0.1) is 0 Å². The summed E-state index contributed by atoms with van der Waals surface area (Å²) in [4.78, 5) is 22.8. The molecule has 1 fully saturated rings. The average molecular weight is 200 g/mol. The summed E-state index contributed by atoms with van der Waals surface area (Å²) in [5.41, 5.74) is 0.909. The Kier molecular flexibility index (Phi) is 3.10. The van der Waals surface area contributed by atoms with Crippen LogP contribution in [0.1, 0.15) is 33.1 Å². The molecule has 0 aromatic rings. The molecule has 14 heavy (non-hydrogen) atoms. The summed E-state index contributed by atoms with van der Waals surface area (Å²) in [5, 5.41) is 11.4. The average Bonchev–Trinajstić information content (AvgIpc) is 2.14. The van der Waals surface area contributed by atoms with Gasteiger partial charge in [-0.05, 0) is 19.8 Å². The van der Waals surface area contributed by atoms with Gasteiger partial charge in [0, 0.05) is 12.5 Å². The summed E-state index contributed by atoms with van der Waals surface area (Å²) in [6.45, 7) is 3.70. The maximum absolute atomic E-state index is 11.5. The predicted molar refractivity (Wildman–Crippen MR) is 49.5 cm³/mol. The molecule has 0 aliphatic carbocycles. The van der Waals surface area contributed by atoms with E-state index >= 15 is 0 Å². The fourth-order valence-corrected chi connectivity index (χ4v) is 2.06. The highest BCUT2D eigenvalue weighted by atomic mass is 16.5. The molecular formula is C9H16N2O3. The minimum Gasteiger partial charge on any atom is -0.354 e. The van der Waals surface area contributed by atoms with Crippen molar-refractivity contribution >= 4 is 11.8 Å². The lowest BCUT2D eigenvalue weighted by Crippen LogP contribution is -2.52. The summed E-state index contributed by atoms with van der Waals surface area (Å²) in [6, 6.07) is -0.0199. The van der Waals surface area contributed by atoms with Crippen LogP contribution in [0.2, 0.25) is 0 Å². The topological polar surface area (TPSA) is 78.4 Å². The van der Waals surface area contributed by atoms with Crippen molar-refractivity contribution in [3.05, 3.63) is 0 Å². The second kappa shape index (κ2) is 3.96. The molecule has 1 unspecified atom stereocenters. The number of rotatable bonds is 2. The van der Waals surface area contributed by atoms with Gasteiger partial charge in [0.25, 0.3) is 0 Å². The van der Waals surface area contributed by atoms with Gasteiger partial charge in [-0.2, -0.15) is 0 Å². The van der Waals surface area contributed by atoms with Gasteiger partial charge in [0.15, 0.2) is 0 Å². The Morgan fingerprint density at radius 2 is 2.43 bits per heavy atom. The lowest BCUT2D eigenvalue weighted by atomic mass is 9.73. The number of nitrogens with one attached hydrogen (secondary N) is 2. The van der Waals surface area contributed by atoms with E-state index in [0.29, 0.717) is 12.8 Å². The second-order valence-corrected chi connectivity index (χ2v) is 3.92. The zero-order valence-electron chi connectivity index (χ0n) is 8.46. The molecule has 0 bridgehead atoms. The summed E-state index contributed by atoms with van der Waals surface area (Å²) in [5.74, 6) is -0.587. The Balaban J connectivity index is 2.87. The lowest BCUT2D eigenvalue weighted by Gasteiger charge is -2.36. The Labute approximate surface area is 82.8 Å². The highest BCUT2D eigenvalue weighted by Gasteiger charge is 2.43. The minimum absolute atomic E-state index is 0.0199. The second-order valence-electron chi connectivity index (χ2n) is 3.92. The molecule has 0 radical (unpaired) electrons. The number of hydrogen-bond donors (Lipinski definition) is 3. The van der Waals surface area contributed by atoms with Crippen LogP contribution in [0.4, 0.5) is 0 Å². The molecule has 1 aliphatic rings. The number of amides is 2. The SMILES string of the molecule is CCC1(C(=O)NO)CC(=O)N[C@@H](C)C1. The fourth-order valence-electron chi connectivity index (χ4n) is 2.06. The van der Waals surface area contributed by atoms with Crippen molar-refractivity contribution in [2.45, 2.75) is 39.2 Å². The molecule has 2 amide bonds. The molecule has 0 aromatic carbocycles. The first-order valence-corrected chi connectivity index (χ1v) is 4.78. The van der Waals surface area contributed by atoms with Crippen molar-refractivity contribution < 1.29 is 14.8 Å². The van der Waals surface area contributed by atoms with Crippen LogP contribution in [0.5, 0.6) is 0 Å². The van der Waals surface area contributed by atoms with E-state index in [9.17, 15) is 9.59 Å². The van der Waals surface area contributed by atoms with E-state index in [1.54, 1.807) is 5.48 Å². The molecular weight excluding hydrogens is 184 g/mol. The van der Waals surface area contributed by atoms with Crippen LogP contribution in [-0.2, 0) is 9.59 Å². The first-order valence-electron chi connectivity index (χ1n) is 4.78. The molecule has 3 N–H and O–H groups in total. The maximum Gasteiger partial charge on any atom is 0.250 e. The van der Waals surface area contributed by atoms with Gasteiger partial charge in [-0.1, -0.05) is 6.92 Å². The van der Waals surface area contributed by atoms with E-state index in [2.05, 4.69) is 5.32 Å². The molecule has 2 atom stereocenters. The van der Waals surface area contributed by atoms with Crippen LogP contribution >= 0.6 is 0 Å². The standard InChI is InChI=1S/C9H16N2O3/c1-3-9(8(13)11-14)4-6(2)10-7(12)5-9/h6,14H,3-5H2,1-2H3,(H,10,12)(H,11,13)/t6-,9?/m0/s1. The summed E-state index contributed by atoms with van der Waals surface area (Å²) in [6.07, 6.45) is 1.28. The largest absolute Gasteiger partial charge is 0.354 e. The van der Waals surface area contributed by atoms with Crippen molar-refractivity contribution in [3.8, 4) is 0 Å². The molecule has 5 nitrogen and oxygen atoms in total. The number of hydroxylamine groups is 1. The normalized spacial score (nSPS) is 32.2. The Hall–Kier alpha value is -1.10. The molecule has 80 valence electrons. The van der Waals surface area contributed by atoms with Crippen LogP contribution in [0.25, 0.3) is 0 Å². The van der Waals surface area contributed by atoms with Gasteiger partial charge in [0.05, 0.1) is 5.41 Å². The van der Waals surface area contributed by atoms with Crippen LogP contribution in [0.3, 0.4) is 0 Å². The van der Waals surface area contributed by atoms with E-state index < -0.39 is 11.3 Å². The summed E-state index contributed by atoms with van der Waals surface area (Å²) < 4.78 is 0. The van der Waals surface area contributed by atoms with Crippen molar-refractivity contribution in [2.24, 2.45) is 5.41 Å². The van der Waals surface area contributed by atoms with Crippen molar-refractivity contribution in [2.75, 3.05) is 0 Å². The van der Waals surface area contributed by atoms with Crippen molar-refractivity contribution in [3.63, 3.8) is 0 Å². The van der Waals surface area contributed by atoms with Crippen molar-refractivity contribution in [1.82, 2.24) is 10.8 Å². The molecule has 1 saturated heterocycles. The quantitative estimate of drug-likeness (QED) is 0.439. The van der Waals surface area contributed by atoms with Crippen molar-refractivity contribution in [1.29, 1.82) is 0 Å². The Morgan fingerprint density at radius 3 is 2.86 bits per heavy atom. The maximum atomic E-state index is 11.5. The highest BCUT2D eigenvalue weighted by Crippen LogP contribution is 2.35. The minimum atomic E-state index is -0.740. The van der Waals surface area contributed by atoms with Gasteiger partial charge in [0.2, 0.25) is 11.8 Å². The van der Waals surface area contributed by atoms with Crippen LogP contribution in [-0.4, -0.2) is 23.1 Å². The Bertz CT molecular complexity index is 254. The first kappa shape index (κ1) is 11.0. The molecule has 5 heteroatoms. The van der Waals surface area contributed by atoms with Crippen LogP contribution < -0.4 is 10.8 Å². The van der Waals surface area contributed by atoms with Gasteiger partial charge in [-0.25, -0.2) is 5.48 Å². The smallest absolute Gasteiger partial charge is 0.250 e. The third kappa shape index (κ3) is 1.87. The number of carbonyl (C=O) groups is 2. The third-order valence-electron chi connectivity index (χ3n) is 2.86. The van der Waals surface area contributed by atoms with Crippen LogP contribution in [0, 0.1) is 5.41 Å². The summed E-state index contributed by atoms with van der Waals surface area (Å²) in [7, 11) is 0. The molecule has 0 saturated carbocycles. The van der Waals surface area contributed by atoms with E-state index in [1.165, 1.54) is 0 Å². The lowest BCUT2D eigenvalue weighted by molar-refractivity contribution is -0.147. The first-order chi connectivity index (χ1) is 6.54. The monoisotopic (exact) mass is 200 g/mol. The third-order valence-corrected chi connectivity index (χ3v) is 2.86. The van der Waals surface area contributed by atoms with E-state index in [1.807, 2.05) is 13.8 Å². The molecule has 1 rings (SSSR count). The molecule has 0 aromatic heterocycles. The zero-order valence-corrected chi connectivity index (χ0v) is 8.46. The summed E-state index contributed by atoms with van der Waals surface area (Å²) >= 11 is 0. The highest BCUT2D eigenvalue weighted by molar-refractivity contribution is 5.89. The molecule has 1 heterocycles. The number of carbonyl (C=O) groups excluding carboxylic acids is 2. The molecule has 1 aliphatic heterocycles. The fraction of sp³-hybridized carbons (Fsp3) is 0.778. The Morgan fingerprint density at radius 1 is 1.79 bits per heavy atom. The molecule has 0 spiro atoms. The van der Waals surface area contributed by atoms with Crippen LogP contribution in [0.15, 0.2) is 0 Å². The van der Waals surface area contributed by atoms with E-state index in [4.69, 9.17) is 5.21 Å². The van der Waals surface area contributed by atoms with Gasteiger partial charge >= 0.3 is 0 Å². The van der Waals surface area contributed by atoms with E-state index in [0.717, 1.165) is 0 Å². The number of hydrogen-bond acceptors (Lipinski definition) is 3. The van der Waals surface area contributed by atoms with Gasteiger partial charge < -0.3 is 5.32 Å². The van der Waals surface area contributed by atoms with E-state index in [-0.39, 0.29) is 18.4 Å². The zero-order chi connectivity index (χ0) is 10.8.